The summed E-state index contributed by atoms with van der Waals surface area (Å²) in [5.74, 6) is 0.726. The summed E-state index contributed by atoms with van der Waals surface area (Å²) in [7, 11) is 0. The van der Waals surface area contributed by atoms with Gasteiger partial charge in [0.2, 0.25) is 0 Å². The van der Waals surface area contributed by atoms with E-state index in [1.165, 1.54) is 0 Å². The van der Waals surface area contributed by atoms with Gasteiger partial charge >= 0.3 is 0 Å². The molecule has 0 radical (unpaired) electrons. The zero-order valence-corrected chi connectivity index (χ0v) is 10.2. The predicted molar refractivity (Wildman–Crippen MR) is 77.2 cm³/mol. The number of rotatable bonds is 3. The molecule has 0 saturated carbocycles. The summed E-state index contributed by atoms with van der Waals surface area (Å²) in [4.78, 5) is 8.42. The van der Waals surface area contributed by atoms with Gasteiger partial charge in [-0.15, -0.1) is 0 Å². The van der Waals surface area contributed by atoms with E-state index in [0.717, 1.165) is 22.3 Å². The lowest BCUT2D eigenvalue weighted by Crippen LogP contribution is -1.93. The van der Waals surface area contributed by atoms with E-state index in [9.17, 15) is 0 Å². The summed E-state index contributed by atoms with van der Waals surface area (Å²) in [6.07, 6.45) is 5.20. The van der Waals surface area contributed by atoms with Crippen LogP contribution in [0.25, 0.3) is 10.9 Å². The van der Waals surface area contributed by atoms with Crippen LogP contribution in [0.1, 0.15) is 5.56 Å². The van der Waals surface area contributed by atoms with Crippen LogP contribution < -0.4 is 5.43 Å². The summed E-state index contributed by atoms with van der Waals surface area (Å²) < 4.78 is 0. The lowest BCUT2D eigenvalue weighted by Gasteiger charge is -2.01. The molecule has 0 aliphatic rings. The molecule has 0 fully saturated rings. The molecule has 1 N–H and O–H groups in total. The highest BCUT2D eigenvalue weighted by Gasteiger charge is 1.95. The van der Waals surface area contributed by atoms with Gasteiger partial charge in [0.1, 0.15) is 5.82 Å². The molecule has 2 heterocycles. The van der Waals surface area contributed by atoms with Gasteiger partial charge in [-0.3, -0.25) is 10.4 Å². The van der Waals surface area contributed by atoms with Crippen LogP contribution >= 0.6 is 0 Å². The summed E-state index contributed by atoms with van der Waals surface area (Å²) >= 11 is 0. The maximum Gasteiger partial charge on any atom is 0.146 e. The molecule has 4 heteroatoms. The first-order valence-corrected chi connectivity index (χ1v) is 5.97. The number of nitrogens with one attached hydrogen (secondary N) is 1. The Kier molecular flexibility index (Phi) is 3.14. The molecule has 2 aromatic heterocycles. The fraction of sp³-hybridized carbons (Fsp3) is 0. The zero-order valence-electron chi connectivity index (χ0n) is 10.2. The number of fused-ring (bicyclic) bond motifs is 1. The van der Waals surface area contributed by atoms with Crippen LogP contribution in [0.2, 0.25) is 0 Å². The Balaban J connectivity index is 1.77. The first kappa shape index (κ1) is 11.3. The Labute approximate surface area is 110 Å². The van der Waals surface area contributed by atoms with Gasteiger partial charge < -0.3 is 0 Å². The van der Waals surface area contributed by atoms with Gasteiger partial charge in [-0.2, -0.15) is 5.10 Å². The van der Waals surface area contributed by atoms with E-state index in [4.69, 9.17) is 0 Å². The molecule has 1 aromatic carbocycles. The van der Waals surface area contributed by atoms with Gasteiger partial charge in [0, 0.05) is 17.8 Å². The Bertz CT molecular complexity index is 707. The van der Waals surface area contributed by atoms with Crippen molar-refractivity contribution in [2.75, 3.05) is 5.43 Å². The van der Waals surface area contributed by atoms with Crippen molar-refractivity contribution < 1.29 is 0 Å². The van der Waals surface area contributed by atoms with Gasteiger partial charge in [-0.05, 0) is 35.9 Å². The highest BCUT2D eigenvalue weighted by molar-refractivity contribution is 5.81. The van der Waals surface area contributed by atoms with Crippen LogP contribution in [0.5, 0.6) is 0 Å². The normalized spacial score (nSPS) is 10.9. The highest BCUT2D eigenvalue weighted by Crippen LogP contribution is 2.14. The molecule has 3 rings (SSSR count). The fourth-order valence-electron chi connectivity index (χ4n) is 1.75. The third kappa shape index (κ3) is 2.74. The predicted octanol–water partition coefficient (Wildman–Crippen LogP) is 3.08. The van der Waals surface area contributed by atoms with Crippen molar-refractivity contribution in [3.63, 3.8) is 0 Å². The van der Waals surface area contributed by atoms with Crippen molar-refractivity contribution in [1.29, 1.82) is 0 Å². The van der Waals surface area contributed by atoms with Crippen LogP contribution in [0, 0.1) is 0 Å². The maximum atomic E-state index is 4.47. The number of hydrogen-bond donors (Lipinski definition) is 1. The summed E-state index contributed by atoms with van der Waals surface area (Å²) in [5.41, 5.74) is 4.86. The zero-order chi connectivity index (χ0) is 12.9. The Hall–Kier alpha value is -2.75. The van der Waals surface area contributed by atoms with Crippen molar-refractivity contribution in [2.24, 2.45) is 5.10 Å². The van der Waals surface area contributed by atoms with E-state index in [1.54, 1.807) is 18.6 Å². The number of hydrogen-bond acceptors (Lipinski definition) is 4. The number of anilines is 1. The molecule has 0 aliphatic carbocycles. The van der Waals surface area contributed by atoms with Crippen molar-refractivity contribution >= 4 is 22.9 Å². The third-order valence-electron chi connectivity index (χ3n) is 2.70. The fourth-order valence-corrected chi connectivity index (χ4v) is 1.75. The van der Waals surface area contributed by atoms with Crippen molar-refractivity contribution in [3.05, 3.63) is 66.5 Å². The molecule has 0 saturated heterocycles. The third-order valence-corrected chi connectivity index (χ3v) is 2.70. The van der Waals surface area contributed by atoms with E-state index in [0.29, 0.717) is 0 Å². The Morgan fingerprint density at radius 1 is 0.947 bits per heavy atom. The molecule has 92 valence electrons. The second-order valence-electron chi connectivity index (χ2n) is 4.04. The molecule has 4 nitrogen and oxygen atoms in total. The van der Waals surface area contributed by atoms with Crippen LogP contribution in [0.4, 0.5) is 5.82 Å². The largest absolute Gasteiger partial charge is 0.265 e. The molecular formula is C15H12N4. The number of benzene rings is 1. The standard InChI is InChI=1S/C15H12N4/c1-2-4-14-13(3-1)5-6-15(18-14)19-17-11-12-7-9-16-10-8-12/h1-11H,(H,18,19). The van der Waals surface area contributed by atoms with Crippen LogP contribution in [0.15, 0.2) is 66.0 Å². The second-order valence-corrected chi connectivity index (χ2v) is 4.04. The van der Waals surface area contributed by atoms with Gasteiger partial charge in [0.05, 0.1) is 11.7 Å². The summed E-state index contributed by atoms with van der Waals surface area (Å²) in [6.45, 7) is 0. The molecular weight excluding hydrogens is 236 g/mol. The minimum atomic E-state index is 0.726. The molecule has 0 amide bonds. The quantitative estimate of drug-likeness (QED) is 0.572. The van der Waals surface area contributed by atoms with Gasteiger partial charge in [-0.25, -0.2) is 4.98 Å². The molecule has 0 atom stereocenters. The first-order chi connectivity index (χ1) is 9.42. The van der Waals surface area contributed by atoms with Gasteiger partial charge in [0.15, 0.2) is 0 Å². The smallest absolute Gasteiger partial charge is 0.146 e. The van der Waals surface area contributed by atoms with Crippen LogP contribution in [-0.4, -0.2) is 16.2 Å². The van der Waals surface area contributed by atoms with Crippen molar-refractivity contribution in [3.8, 4) is 0 Å². The van der Waals surface area contributed by atoms with E-state index in [2.05, 4.69) is 20.5 Å². The Morgan fingerprint density at radius 3 is 2.68 bits per heavy atom. The van der Waals surface area contributed by atoms with E-state index in [-0.39, 0.29) is 0 Å². The highest BCUT2D eigenvalue weighted by atomic mass is 15.3. The number of nitrogens with zero attached hydrogens (tertiary/aromatic N) is 3. The molecule has 0 unspecified atom stereocenters. The molecule has 0 bridgehead atoms. The number of hydrazone groups is 1. The lowest BCUT2D eigenvalue weighted by molar-refractivity contribution is 1.26. The molecule has 0 spiro atoms. The van der Waals surface area contributed by atoms with Crippen LogP contribution in [-0.2, 0) is 0 Å². The second kappa shape index (κ2) is 5.27. The van der Waals surface area contributed by atoms with Gasteiger partial charge in [-0.1, -0.05) is 18.2 Å². The van der Waals surface area contributed by atoms with Crippen LogP contribution in [0.3, 0.4) is 0 Å². The molecule has 0 aliphatic heterocycles. The SMILES string of the molecule is C(=NNc1ccc2ccccc2n1)c1ccncc1. The average molecular weight is 248 g/mol. The van der Waals surface area contributed by atoms with E-state index >= 15 is 0 Å². The minimum absolute atomic E-state index is 0.726. The lowest BCUT2D eigenvalue weighted by atomic mass is 10.2. The topological polar surface area (TPSA) is 50.2 Å². The first-order valence-electron chi connectivity index (χ1n) is 5.97. The average Bonchev–Trinajstić information content (AvgIpc) is 2.48. The minimum Gasteiger partial charge on any atom is -0.265 e. The number of para-hydroxylation sites is 1. The van der Waals surface area contributed by atoms with Crippen molar-refractivity contribution in [2.45, 2.75) is 0 Å². The monoisotopic (exact) mass is 248 g/mol. The summed E-state index contributed by atoms with van der Waals surface area (Å²) in [5, 5.41) is 5.27. The number of aromatic nitrogens is 2. The molecule has 3 aromatic rings. The Morgan fingerprint density at radius 2 is 1.79 bits per heavy atom. The number of pyridine rings is 2. The molecule has 19 heavy (non-hydrogen) atoms. The summed E-state index contributed by atoms with van der Waals surface area (Å²) in [6, 6.07) is 15.7. The maximum absolute atomic E-state index is 4.47. The van der Waals surface area contributed by atoms with E-state index < -0.39 is 0 Å². The van der Waals surface area contributed by atoms with Crippen molar-refractivity contribution in [1.82, 2.24) is 9.97 Å². The van der Waals surface area contributed by atoms with Gasteiger partial charge in [0.25, 0.3) is 0 Å². The van der Waals surface area contributed by atoms with E-state index in [1.807, 2.05) is 48.5 Å².